The first kappa shape index (κ1) is 27.1. The third kappa shape index (κ3) is 14.7. The topological polar surface area (TPSA) is 199 Å². The summed E-state index contributed by atoms with van der Waals surface area (Å²) in [5.74, 6) is -2.64. The molecule has 0 aliphatic carbocycles. The van der Waals surface area contributed by atoms with Crippen LogP contribution in [0.5, 0.6) is 0 Å². The highest BCUT2D eigenvalue weighted by Crippen LogP contribution is 1.95. The second-order valence-electron chi connectivity index (χ2n) is 6.71. The molecule has 11 nitrogen and oxygen atoms in total. The van der Waals surface area contributed by atoms with Crippen molar-refractivity contribution in [1.29, 1.82) is 0 Å². The number of aliphatic carboxylic acids is 1. The molecule has 0 saturated heterocycles. The number of carboxylic acid groups (broad SMARTS) is 1. The summed E-state index contributed by atoms with van der Waals surface area (Å²) in [6.45, 7) is 3.25. The number of carboxylic acids is 1. The van der Waals surface area contributed by atoms with Gasteiger partial charge in [0.15, 0.2) is 0 Å². The summed E-state index contributed by atoms with van der Waals surface area (Å²) >= 11 is 4.03. The Labute approximate surface area is 176 Å². The molecule has 0 aromatic heterocycles. The first-order chi connectivity index (χ1) is 13.8. The molecule has 0 unspecified atom stereocenters. The van der Waals surface area contributed by atoms with Gasteiger partial charge in [0.1, 0.15) is 12.1 Å². The van der Waals surface area contributed by atoms with Crippen molar-refractivity contribution in [3.05, 3.63) is 0 Å². The van der Waals surface area contributed by atoms with Gasteiger partial charge in [0.05, 0.1) is 32.1 Å². The number of quaternary nitrogens is 3. The number of unbranched alkanes of at least 4 members (excludes halogenated alkanes) is 1. The largest absolute Gasteiger partial charge is 0.544 e. The molecule has 0 fully saturated rings. The van der Waals surface area contributed by atoms with E-state index < -0.39 is 29.9 Å². The summed E-state index contributed by atoms with van der Waals surface area (Å²) < 4.78 is 0. The number of rotatable bonds is 17. The van der Waals surface area contributed by atoms with Crippen LogP contribution < -0.4 is 37.8 Å². The number of carbonyl (C=O) groups excluding carboxylic acids is 4. The summed E-state index contributed by atoms with van der Waals surface area (Å²) in [6, 6.07) is -1.92. The predicted octanol–water partition coefficient (Wildman–Crippen LogP) is -6.25. The fourth-order valence-corrected chi connectivity index (χ4v) is 2.58. The third-order valence-electron chi connectivity index (χ3n) is 4.13. The standard InChI is InChI=1S/C17H34N6O5S/c18-6-1-2-7-20-8-3-9-21-15(25)10-22-16(26)13(11-29)23-14(24)5-4-12(19)17(27)28/h12-13,20,29H,1-11,18-19H2,(H,21,25)(H,22,26)(H,23,24)(H,27,28)/p+2/t12-,13-/m0/s1. The average Bonchev–Trinajstić information content (AvgIpc) is 2.70. The van der Waals surface area contributed by atoms with Crippen LogP contribution in [0, 0.1) is 0 Å². The number of carbonyl (C=O) groups is 4. The Morgan fingerprint density at radius 2 is 1.72 bits per heavy atom. The number of amides is 3. The highest BCUT2D eigenvalue weighted by Gasteiger charge is 2.20. The molecule has 2 atom stereocenters. The number of nitrogens with one attached hydrogen (secondary N) is 3. The van der Waals surface area contributed by atoms with Gasteiger partial charge in [0.2, 0.25) is 17.7 Å². The Hall–Kier alpha value is -1.89. The van der Waals surface area contributed by atoms with Gasteiger partial charge in [0, 0.05) is 44.4 Å². The van der Waals surface area contributed by atoms with Crippen LogP contribution in [0.2, 0.25) is 0 Å². The highest BCUT2D eigenvalue weighted by molar-refractivity contribution is 7.80. The number of thiol groups is 1. The van der Waals surface area contributed by atoms with Crippen LogP contribution in [0.25, 0.3) is 0 Å². The zero-order valence-electron chi connectivity index (χ0n) is 16.9. The summed E-state index contributed by atoms with van der Waals surface area (Å²) in [7, 11) is 0. The van der Waals surface area contributed by atoms with Gasteiger partial charge in [-0.05, 0) is 0 Å². The lowest BCUT2D eigenvalue weighted by molar-refractivity contribution is -0.655. The smallest absolute Gasteiger partial charge is 0.243 e. The molecule has 11 N–H and O–H groups in total. The second-order valence-corrected chi connectivity index (χ2v) is 7.07. The zero-order valence-corrected chi connectivity index (χ0v) is 17.8. The Bertz CT molecular complexity index is 523. The van der Waals surface area contributed by atoms with Gasteiger partial charge >= 0.3 is 0 Å². The molecular formula is C17H36N6O5S+2. The van der Waals surface area contributed by atoms with Crippen LogP contribution in [-0.4, -0.2) is 74.3 Å². The van der Waals surface area contributed by atoms with Crippen molar-refractivity contribution in [1.82, 2.24) is 16.0 Å². The van der Waals surface area contributed by atoms with E-state index in [9.17, 15) is 24.3 Å². The Kier molecular flexibility index (Phi) is 15.9. The van der Waals surface area contributed by atoms with Crippen molar-refractivity contribution in [2.45, 2.75) is 44.2 Å². The maximum absolute atomic E-state index is 12.1. The molecule has 168 valence electrons. The molecule has 0 radical (unpaired) electrons. The van der Waals surface area contributed by atoms with Crippen LogP contribution >= 0.6 is 12.6 Å². The molecule has 3 amide bonds. The molecule has 0 aliphatic heterocycles. The van der Waals surface area contributed by atoms with Crippen LogP contribution in [0.15, 0.2) is 0 Å². The Balaban J connectivity index is 3.96. The van der Waals surface area contributed by atoms with Gasteiger partial charge in [-0.15, -0.1) is 0 Å². The minimum atomic E-state index is -1.33. The van der Waals surface area contributed by atoms with Crippen molar-refractivity contribution in [2.75, 3.05) is 38.5 Å². The minimum absolute atomic E-state index is 0.00469. The number of hydrogen-bond acceptors (Lipinski definition) is 6. The van der Waals surface area contributed by atoms with Gasteiger partial charge in [-0.2, -0.15) is 12.6 Å². The van der Waals surface area contributed by atoms with E-state index in [4.69, 9.17) is 0 Å². The summed E-state index contributed by atoms with van der Waals surface area (Å²) in [5.41, 5.74) is 7.15. The van der Waals surface area contributed by atoms with E-state index in [1.807, 2.05) is 0 Å². The zero-order chi connectivity index (χ0) is 22.1. The third-order valence-corrected chi connectivity index (χ3v) is 4.49. The van der Waals surface area contributed by atoms with Gasteiger partial charge < -0.3 is 42.6 Å². The molecule has 29 heavy (non-hydrogen) atoms. The molecule has 0 spiro atoms. The van der Waals surface area contributed by atoms with E-state index in [0.29, 0.717) is 6.54 Å². The SMILES string of the molecule is [NH3+]CCCC[NH2+]CCCNC(=O)CNC(=O)[C@H](CS)NC(=O)CC[C@H]([NH3+])C(=O)[O-]. The molecule has 0 aromatic rings. The van der Waals surface area contributed by atoms with Gasteiger partial charge in [-0.3, -0.25) is 14.4 Å². The molecule has 0 aromatic carbocycles. The lowest BCUT2D eigenvalue weighted by Crippen LogP contribution is -2.84. The lowest BCUT2D eigenvalue weighted by Gasteiger charge is -2.17. The van der Waals surface area contributed by atoms with E-state index in [-0.39, 0.29) is 31.0 Å². The first-order valence-electron chi connectivity index (χ1n) is 9.91. The highest BCUT2D eigenvalue weighted by atomic mass is 32.1. The van der Waals surface area contributed by atoms with Crippen LogP contribution in [-0.2, 0) is 19.2 Å². The maximum Gasteiger partial charge on any atom is 0.243 e. The van der Waals surface area contributed by atoms with Crippen LogP contribution in [0.4, 0.5) is 0 Å². The molecule has 0 rings (SSSR count). The Morgan fingerprint density at radius 1 is 1.03 bits per heavy atom. The van der Waals surface area contributed by atoms with Gasteiger partial charge in [-0.25, -0.2) is 0 Å². The van der Waals surface area contributed by atoms with Crippen molar-refractivity contribution in [3.8, 4) is 0 Å². The minimum Gasteiger partial charge on any atom is -0.544 e. The molecule has 12 heteroatoms. The molecule has 0 heterocycles. The fourth-order valence-electron chi connectivity index (χ4n) is 2.32. The second kappa shape index (κ2) is 17.0. The summed E-state index contributed by atoms with van der Waals surface area (Å²) in [5, 5.41) is 20.4. The first-order valence-corrected chi connectivity index (χ1v) is 10.5. The van der Waals surface area contributed by atoms with E-state index >= 15 is 0 Å². The molecule has 0 bridgehead atoms. The monoisotopic (exact) mass is 436 g/mol. The summed E-state index contributed by atoms with van der Waals surface area (Å²) in [4.78, 5) is 46.3. The van der Waals surface area contributed by atoms with Crippen LogP contribution in [0.3, 0.4) is 0 Å². The number of hydrogen-bond donors (Lipinski definition) is 7. The van der Waals surface area contributed by atoms with Crippen LogP contribution in [0.1, 0.15) is 32.1 Å². The van der Waals surface area contributed by atoms with E-state index in [0.717, 1.165) is 38.9 Å². The molecule has 0 saturated carbocycles. The van der Waals surface area contributed by atoms with Crippen molar-refractivity contribution in [2.24, 2.45) is 0 Å². The van der Waals surface area contributed by atoms with Crippen molar-refractivity contribution in [3.63, 3.8) is 0 Å². The van der Waals surface area contributed by atoms with Gasteiger partial charge in [-0.1, -0.05) is 0 Å². The van der Waals surface area contributed by atoms with E-state index in [1.165, 1.54) is 0 Å². The van der Waals surface area contributed by atoms with E-state index in [2.05, 4.69) is 45.4 Å². The van der Waals surface area contributed by atoms with Crippen molar-refractivity contribution >= 4 is 36.3 Å². The van der Waals surface area contributed by atoms with Crippen molar-refractivity contribution < 1.29 is 41.1 Å². The lowest BCUT2D eigenvalue weighted by atomic mass is 10.1. The Morgan fingerprint density at radius 3 is 2.34 bits per heavy atom. The summed E-state index contributed by atoms with van der Waals surface area (Å²) in [6.07, 6.45) is 2.99. The fraction of sp³-hybridized carbons (Fsp3) is 0.765. The predicted molar refractivity (Wildman–Crippen MR) is 106 cm³/mol. The molecule has 0 aliphatic rings. The number of nitrogens with two attached hydrogens (primary N) is 1. The normalized spacial score (nSPS) is 12.7. The molecular weight excluding hydrogens is 400 g/mol. The maximum atomic E-state index is 12.1. The van der Waals surface area contributed by atoms with E-state index in [1.54, 1.807) is 0 Å². The average molecular weight is 437 g/mol. The van der Waals surface area contributed by atoms with Gasteiger partial charge in [0.25, 0.3) is 0 Å². The quantitative estimate of drug-likeness (QED) is 0.0877.